The van der Waals surface area contributed by atoms with Gasteiger partial charge in [-0.15, -0.1) is 0 Å². The van der Waals surface area contributed by atoms with Crippen LogP contribution in [-0.4, -0.2) is 34.5 Å². The van der Waals surface area contributed by atoms with E-state index in [4.69, 9.17) is 0 Å². The maximum absolute atomic E-state index is 12.3. The van der Waals surface area contributed by atoms with Crippen molar-refractivity contribution < 1.29 is 19.8 Å². The van der Waals surface area contributed by atoms with Crippen LogP contribution < -0.4 is 0 Å². The number of rotatable bonds is 2. The van der Waals surface area contributed by atoms with Gasteiger partial charge in [0.2, 0.25) is 0 Å². The van der Waals surface area contributed by atoms with E-state index in [9.17, 15) is 19.8 Å². The van der Waals surface area contributed by atoms with Crippen LogP contribution in [0, 0.1) is 34.5 Å². The van der Waals surface area contributed by atoms with E-state index in [1.165, 1.54) is 5.57 Å². The molecule has 6 atom stereocenters. The lowest BCUT2D eigenvalue weighted by Gasteiger charge is -2.59. The molecular weight excluding hydrogens is 316 g/mol. The highest BCUT2D eigenvalue weighted by atomic mass is 16.3. The number of carbonyl (C=O) groups is 2. The molecule has 0 aliphatic heterocycles. The fraction of sp³-hybridized carbons (Fsp3) is 0.762. The summed E-state index contributed by atoms with van der Waals surface area (Å²) >= 11 is 0. The Hall–Kier alpha value is -1.00. The zero-order valence-corrected chi connectivity index (χ0v) is 15.3. The van der Waals surface area contributed by atoms with Gasteiger partial charge in [0.1, 0.15) is 6.61 Å². The molecule has 4 rings (SSSR count). The van der Waals surface area contributed by atoms with Crippen molar-refractivity contribution in [3.63, 3.8) is 0 Å². The van der Waals surface area contributed by atoms with Crippen LogP contribution in [0.4, 0.5) is 0 Å². The second-order valence-electron chi connectivity index (χ2n) is 9.18. The Balaban J connectivity index is 1.70. The van der Waals surface area contributed by atoms with Gasteiger partial charge in [-0.25, -0.2) is 0 Å². The van der Waals surface area contributed by atoms with Crippen molar-refractivity contribution in [3.8, 4) is 0 Å². The second kappa shape index (κ2) is 5.75. The molecule has 4 aliphatic carbocycles. The van der Waals surface area contributed by atoms with Crippen molar-refractivity contribution >= 4 is 11.6 Å². The summed E-state index contributed by atoms with van der Waals surface area (Å²) in [5, 5.41) is 20.5. The third kappa shape index (κ3) is 2.33. The summed E-state index contributed by atoms with van der Waals surface area (Å²) < 4.78 is 0. The van der Waals surface area contributed by atoms with Gasteiger partial charge in [0, 0.05) is 6.42 Å². The fourth-order valence-electron chi connectivity index (χ4n) is 7.05. The van der Waals surface area contributed by atoms with Crippen molar-refractivity contribution in [3.05, 3.63) is 17.6 Å². The molecule has 25 heavy (non-hydrogen) atoms. The molecule has 3 fully saturated rings. The molecule has 2 N–H and O–H groups in total. The van der Waals surface area contributed by atoms with Crippen LogP contribution in [0.2, 0.25) is 0 Å². The normalized spacial score (nSPS) is 46.9. The molecule has 0 heterocycles. The quantitative estimate of drug-likeness (QED) is 0.807. The number of fused-ring (bicyclic) bond motifs is 5. The number of carbonyl (C=O) groups excluding carboxylic acids is 2. The van der Waals surface area contributed by atoms with Crippen LogP contribution in [0.1, 0.15) is 58.8 Å². The average molecular weight is 345 g/mol. The van der Waals surface area contributed by atoms with Crippen molar-refractivity contribution in [2.75, 3.05) is 6.61 Å². The molecule has 0 unspecified atom stereocenters. The van der Waals surface area contributed by atoms with Crippen molar-refractivity contribution in [1.82, 2.24) is 0 Å². The summed E-state index contributed by atoms with van der Waals surface area (Å²) in [6, 6.07) is 0. The first-order valence-electron chi connectivity index (χ1n) is 9.73. The Morgan fingerprint density at radius 1 is 1.20 bits per heavy atom. The summed E-state index contributed by atoms with van der Waals surface area (Å²) in [6.45, 7) is 3.95. The van der Waals surface area contributed by atoms with E-state index in [0.29, 0.717) is 24.7 Å². The van der Waals surface area contributed by atoms with Gasteiger partial charge in [-0.1, -0.05) is 19.4 Å². The first kappa shape index (κ1) is 17.4. The molecule has 4 aliphatic rings. The van der Waals surface area contributed by atoms with Gasteiger partial charge in [0.05, 0.1) is 12.0 Å². The molecule has 0 spiro atoms. The second-order valence-corrected chi connectivity index (χ2v) is 9.18. The van der Waals surface area contributed by atoms with Gasteiger partial charge in [0.15, 0.2) is 11.6 Å². The minimum absolute atomic E-state index is 0.0820. The van der Waals surface area contributed by atoms with Crippen molar-refractivity contribution in [2.24, 2.45) is 28.6 Å². The molecule has 1 radical (unpaired) electrons. The summed E-state index contributed by atoms with van der Waals surface area (Å²) in [5.41, 5.74) is 0.880. The number of ketones is 2. The lowest BCUT2D eigenvalue weighted by atomic mass is 9.46. The van der Waals surface area contributed by atoms with Crippen molar-refractivity contribution in [2.45, 2.75) is 64.9 Å². The minimum atomic E-state index is -0.451. The van der Waals surface area contributed by atoms with E-state index in [2.05, 4.69) is 13.8 Å². The highest BCUT2D eigenvalue weighted by Gasteiger charge is 2.63. The number of aliphatic hydroxyl groups is 2. The maximum atomic E-state index is 12.3. The van der Waals surface area contributed by atoms with E-state index in [-0.39, 0.29) is 28.3 Å². The Morgan fingerprint density at radius 2 is 1.96 bits per heavy atom. The largest absolute Gasteiger partial charge is 0.393 e. The standard InChI is InChI=1S/C21H29O4/c1-20-8-7-13(23)9-12(20)3-4-14-15-5-6-16(18(25)11-22)21(15,2)10-17(24)19(14)20/h9,14-15,17,19,22,24H,3-8,10-11H2,1-2H3/t14-,15-,17-,19+,20-,21+/m0/s1. The van der Waals surface area contributed by atoms with Gasteiger partial charge in [-0.05, 0) is 73.2 Å². The lowest BCUT2D eigenvalue weighted by Crippen LogP contribution is -2.56. The monoisotopic (exact) mass is 345 g/mol. The average Bonchev–Trinajstić information content (AvgIpc) is 2.91. The summed E-state index contributed by atoms with van der Waals surface area (Å²) in [6.07, 6.45) is 7.10. The molecule has 0 amide bonds. The molecule has 0 aromatic carbocycles. The van der Waals surface area contributed by atoms with Gasteiger partial charge in [-0.2, -0.15) is 0 Å². The smallest absolute Gasteiger partial charge is 0.165 e. The topological polar surface area (TPSA) is 74.6 Å². The molecule has 4 heteroatoms. The predicted octanol–water partition coefficient (Wildman–Crippen LogP) is 2.62. The van der Waals surface area contributed by atoms with E-state index >= 15 is 0 Å². The van der Waals surface area contributed by atoms with Gasteiger partial charge in [-0.3, -0.25) is 9.59 Å². The number of allylic oxidation sites excluding steroid dienone is 1. The first-order valence-corrected chi connectivity index (χ1v) is 9.73. The SMILES string of the molecule is C[C@@]12C[C@H](O)[C@H]3[C@@H](CCC4=CC(=O)CC[C@@]43C)[C@@H]1CC[C]2C(=O)CO. The zero-order valence-electron chi connectivity index (χ0n) is 15.3. The molecule has 0 bridgehead atoms. The molecule has 137 valence electrons. The Labute approximate surface area is 149 Å². The molecule has 3 saturated carbocycles. The van der Waals surface area contributed by atoms with E-state index in [0.717, 1.165) is 38.0 Å². The van der Waals surface area contributed by atoms with E-state index < -0.39 is 12.7 Å². The predicted molar refractivity (Wildman–Crippen MR) is 93.4 cm³/mol. The third-order valence-electron chi connectivity index (χ3n) is 8.16. The molecule has 0 aromatic rings. The number of hydrogen-bond acceptors (Lipinski definition) is 4. The lowest BCUT2D eigenvalue weighted by molar-refractivity contribution is -0.133. The number of aliphatic hydroxyl groups excluding tert-OH is 2. The maximum Gasteiger partial charge on any atom is 0.165 e. The van der Waals surface area contributed by atoms with Crippen LogP contribution in [0.15, 0.2) is 11.6 Å². The van der Waals surface area contributed by atoms with Crippen LogP contribution in [0.5, 0.6) is 0 Å². The van der Waals surface area contributed by atoms with Crippen LogP contribution in [0.25, 0.3) is 0 Å². The highest BCUT2D eigenvalue weighted by Crippen LogP contribution is 2.67. The van der Waals surface area contributed by atoms with E-state index in [1.807, 2.05) is 6.08 Å². The summed E-state index contributed by atoms with van der Waals surface area (Å²) in [4.78, 5) is 24.1. The minimum Gasteiger partial charge on any atom is -0.393 e. The van der Waals surface area contributed by atoms with Crippen LogP contribution in [-0.2, 0) is 9.59 Å². The van der Waals surface area contributed by atoms with Gasteiger partial charge in [0.25, 0.3) is 0 Å². The summed E-state index contributed by atoms with van der Waals surface area (Å²) in [7, 11) is 0. The Morgan fingerprint density at radius 3 is 2.68 bits per heavy atom. The molecule has 0 saturated heterocycles. The fourth-order valence-corrected chi connectivity index (χ4v) is 7.05. The van der Waals surface area contributed by atoms with Gasteiger partial charge >= 0.3 is 0 Å². The Kier molecular flexibility index (Phi) is 4.01. The zero-order chi connectivity index (χ0) is 18.0. The van der Waals surface area contributed by atoms with E-state index in [1.54, 1.807) is 0 Å². The Bertz CT molecular complexity index is 638. The van der Waals surface area contributed by atoms with Crippen LogP contribution >= 0.6 is 0 Å². The highest BCUT2D eigenvalue weighted by molar-refractivity contribution is 5.94. The van der Waals surface area contributed by atoms with Crippen LogP contribution in [0.3, 0.4) is 0 Å². The molecule has 4 nitrogen and oxygen atoms in total. The summed E-state index contributed by atoms with van der Waals surface area (Å²) in [5.74, 6) is 1.92. The molecule has 0 aromatic heterocycles. The van der Waals surface area contributed by atoms with Gasteiger partial charge < -0.3 is 10.2 Å². The first-order chi connectivity index (χ1) is 11.8. The third-order valence-corrected chi connectivity index (χ3v) is 8.16. The molecular formula is C21H29O4. The number of Topliss-reactive ketones (excluding diaryl/α,β-unsaturated/α-hetero) is 1. The number of hydrogen-bond donors (Lipinski definition) is 2. The van der Waals surface area contributed by atoms with Crippen molar-refractivity contribution in [1.29, 1.82) is 0 Å².